The Bertz CT molecular complexity index is 501. The van der Waals surface area contributed by atoms with Gasteiger partial charge in [0.2, 0.25) is 0 Å². The lowest BCUT2D eigenvalue weighted by Crippen LogP contribution is -2.09. The Labute approximate surface area is 216 Å². The summed E-state index contributed by atoms with van der Waals surface area (Å²) in [6.07, 6.45) is 13.3. The van der Waals surface area contributed by atoms with Crippen molar-refractivity contribution in [2.45, 2.75) is 110 Å². The Morgan fingerprint density at radius 2 is 0.917 bits per heavy atom. The Balaban J connectivity index is -0.000000538. The van der Waals surface area contributed by atoms with Gasteiger partial charge in [0.15, 0.2) is 0 Å². The van der Waals surface area contributed by atoms with E-state index < -0.39 is 11.9 Å². The Hall–Kier alpha value is -2.04. The number of aliphatic carboxylic acids is 2. The van der Waals surface area contributed by atoms with Crippen molar-refractivity contribution >= 4 is 23.7 Å². The van der Waals surface area contributed by atoms with E-state index >= 15 is 0 Å². The summed E-state index contributed by atoms with van der Waals surface area (Å²) in [5, 5.41) is 32.0. The summed E-state index contributed by atoms with van der Waals surface area (Å²) in [6.45, 7) is 2.19. The first-order chi connectivity index (χ1) is 17.2. The van der Waals surface area contributed by atoms with Crippen molar-refractivity contribution in [1.29, 1.82) is 0 Å². The van der Waals surface area contributed by atoms with Crippen molar-refractivity contribution < 1.29 is 49.1 Å². The Morgan fingerprint density at radius 3 is 1.25 bits per heavy atom. The second kappa shape index (κ2) is 33.0. The van der Waals surface area contributed by atoms with Gasteiger partial charge < -0.3 is 34.7 Å². The number of hydrogen-bond donors (Lipinski definition) is 4. The van der Waals surface area contributed by atoms with E-state index in [1.807, 2.05) is 0 Å². The number of rotatable bonds is 22. The molecule has 0 aliphatic heterocycles. The summed E-state index contributed by atoms with van der Waals surface area (Å²) in [5.41, 5.74) is 0. The number of carboxylic acid groups (broad SMARTS) is 2. The molecule has 0 saturated carbocycles. The molecule has 214 valence electrons. The highest BCUT2D eigenvalue weighted by atomic mass is 16.6. The van der Waals surface area contributed by atoms with Crippen LogP contribution in [0.25, 0.3) is 0 Å². The Morgan fingerprint density at radius 1 is 0.556 bits per heavy atom. The minimum Gasteiger partial charge on any atom is -0.481 e. The van der Waals surface area contributed by atoms with E-state index in [-0.39, 0.29) is 37.8 Å². The molecule has 0 radical (unpaired) electrons. The number of hydrogen-bond acceptors (Lipinski definition) is 8. The quantitative estimate of drug-likeness (QED) is 0.120. The average Bonchev–Trinajstić information content (AvgIpc) is 2.82. The van der Waals surface area contributed by atoms with Crippen LogP contribution in [0.15, 0.2) is 0 Å². The molecule has 10 nitrogen and oxygen atoms in total. The van der Waals surface area contributed by atoms with Crippen LogP contribution in [0, 0.1) is 0 Å². The molecule has 0 heterocycles. The van der Waals surface area contributed by atoms with E-state index in [4.69, 9.17) is 29.9 Å². The first kappa shape index (κ1) is 38.5. The van der Waals surface area contributed by atoms with Gasteiger partial charge in [-0.3, -0.25) is 14.4 Å². The van der Waals surface area contributed by atoms with Gasteiger partial charge in [-0.25, -0.2) is 0 Å². The number of ketones is 1. The fraction of sp³-hybridized carbons (Fsp3) is 0.846. The standard InChI is InChI=1S/C14H26O4.C10H18O4.C2H6O2/c1-13(15)9-7-5-3-4-6-8-10-14(16)18-12-11-17-2;11-9(12)7-5-3-1-2-4-6-8-10(13)14;3-1-2-4/h3-12H2,1-2H3;1-8H2,(H,11,12)(H,13,14);3-4H,1-2H2. The monoisotopic (exact) mass is 522 g/mol. The minimum absolute atomic E-state index is 0.125. The lowest BCUT2D eigenvalue weighted by molar-refractivity contribution is -0.145. The van der Waals surface area contributed by atoms with Crippen molar-refractivity contribution in [2.24, 2.45) is 0 Å². The number of ether oxygens (including phenoxy) is 2. The molecule has 0 bridgehead atoms. The molecule has 0 unspecified atom stereocenters. The molecule has 0 aliphatic carbocycles. The summed E-state index contributed by atoms with van der Waals surface area (Å²) in [4.78, 5) is 42.2. The van der Waals surface area contributed by atoms with E-state index in [1.165, 1.54) is 0 Å². The summed E-state index contributed by atoms with van der Waals surface area (Å²) in [6, 6.07) is 0. The van der Waals surface area contributed by atoms with Gasteiger partial charge in [0.1, 0.15) is 12.4 Å². The number of methoxy groups -OCH3 is 1. The third-order valence-electron chi connectivity index (χ3n) is 4.84. The third kappa shape index (κ3) is 45.5. The van der Waals surface area contributed by atoms with Gasteiger partial charge in [-0.05, 0) is 32.6 Å². The van der Waals surface area contributed by atoms with E-state index in [0.717, 1.165) is 77.0 Å². The molecule has 0 amide bonds. The van der Waals surface area contributed by atoms with Gasteiger partial charge >= 0.3 is 17.9 Å². The van der Waals surface area contributed by atoms with Gasteiger partial charge in [-0.1, -0.05) is 51.4 Å². The van der Waals surface area contributed by atoms with Crippen molar-refractivity contribution in [3.8, 4) is 0 Å². The highest BCUT2D eigenvalue weighted by molar-refractivity contribution is 5.75. The molecule has 0 saturated heterocycles. The molecule has 36 heavy (non-hydrogen) atoms. The summed E-state index contributed by atoms with van der Waals surface area (Å²) in [7, 11) is 1.58. The fourth-order valence-electron chi connectivity index (χ4n) is 2.92. The molecular formula is C26H50O10. The minimum atomic E-state index is -0.740. The molecule has 0 rings (SSSR count). The maximum atomic E-state index is 11.2. The maximum Gasteiger partial charge on any atom is 0.305 e. The number of unbranched alkanes of at least 4 members (excludes halogenated alkanes) is 10. The van der Waals surface area contributed by atoms with Gasteiger partial charge in [0.05, 0.1) is 19.8 Å². The fourth-order valence-corrected chi connectivity index (χ4v) is 2.92. The first-order valence-electron chi connectivity index (χ1n) is 13.0. The van der Waals surface area contributed by atoms with Crippen LogP contribution in [0.5, 0.6) is 0 Å². The molecule has 0 spiro atoms. The van der Waals surface area contributed by atoms with Crippen LogP contribution in [-0.4, -0.2) is 77.7 Å². The van der Waals surface area contributed by atoms with Crippen molar-refractivity contribution in [3.05, 3.63) is 0 Å². The van der Waals surface area contributed by atoms with Gasteiger partial charge in [0, 0.05) is 32.8 Å². The number of carbonyl (C=O) groups is 4. The topological polar surface area (TPSA) is 168 Å². The molecule has 10 heteroatoms. The number of aliphatic hydroxyl groups is 2. The predicted molar refractivity (Wildman–Crippen MR) is 137 cm³/mol. The predicted octanol–water partition coefficient (Wildman–Crippen LogP) is 4.13. The van der Waals surface area contributed by atoms with Gasteiger partial charge in [0.25, 0.3) is 0 Å². The highest BCUT2D eigenvalue weighted by Crippen LogP contribution is 2.09. The van der Waals surface area contributed by atoms with E-state index in [9.17, 15) is 19.2 Å². The molecule has 0 aliphatic rings. The van der Waals surface area contributed by atoms with Gasteiger partial charge in [-0.15, -0.1) is 0 Å². The molecule has 0 aromatic carbocycles. The molecular weight excluding hydrogens is 472 g/mol. The van der Waals surface area contributed by atoms with Crippen LogP contribution in [0.2, 0.25) is 0 Å². The van der Waals surface area contributed by atoms with Crippen LogP contribution < -0.4 is 0 Å². The van der Waals surface area contributed by atoms with E-state index in [1.54, 1.807) is 14.0 Å². The second-order valence-corrected chi connectivity index (χ2v) is 8.39. The number of carboxylic acids is 2. The lowest BCUT2D eigenvalue weighted by Gasteiger charge is -2.04. The largest absolute Gasteiger partial charge is 0.481 e. The summed E-state index contributed by atoms with van der Waals surface area (Å²) >= 11 is 0. The summed E-state index contributed by atoms with van der Waals surface area (Å²) < 4.78 is 9.74. The third-order valence-corrected chi connectivity index (χ3v) is 4.84. The zero-order valence-electron chi connectivity index (χ0n) is 22.4. The lowest BCUT2D eigenvalue weighted by atomic mass is 10.1. The van der Waals surface area contributed by atoms with Crippen molar-refractivity contribution in [3.63, 3.8) is 0 Å². The maximum absolute atomic E-state index is 11.2. The van der Waals surface area contributed by atoms with Gasteiger partial charge in [-0.2, -0.15) is 0 Å². The first-order valence-corrected chi connectivity index (χ1v) is 13.0. The Kier molecular flexibility index (Phi) is 35.2. The SMILES string of the molecule is COCCOC(=O)CCCCCCCCC(C)=O.O=C(O)CCCCCCCCC(=O)O.OCCO. The van der Waals surface area contributed by atoms with Crippen molar-refractivity contribution in [1.82, 2.24) is 0 Å². The summed E-state index contributed by atoms with van der Waals surface area (Å²) in [5.74, 6) is -1.34. The zero-order chi connectivity index (χ0) is 27.9. The molecule has 4 N–H and O–H groups in total. The smallest absolute Gasteiger partial charge is 0.305 e. The van der Waals surface area contributed by atoms with Crippen LogP contribution in [0.1, 0.15) is 110 Å². The number of aliphatic hydroxyl groups excluding tert-OH is 2. The average molecular weight is 523 g/mol. The second-order valence-electron chi connectivity index (χ2n) is 8.39. The molecule has 0 atom stereocenters. The number of carbonyl (C=O) groups excluding carboxylic acids is 2. The number of Topliss-reactive ketones (excluding diaryl/α,β-unsaturated/α-hetero) is 1. The normalized spacial score (nSPS) is 9.89. The zero-order valence-corrected chi connectivity index (χ0v) is 22.4. The number of esters is 1. The van der Waals surface area contributed by atoms with E-state index in [0.29, 0.717) is 26.1 Å². The van der Waals surface area contributed by atoms with Crippen LogP contribution in [0.4, 0.5) is 0 Å². The van der Waals surface area contributed by atoms with Crippen LogP contribution in [-0.2, 0) is 28.7 Å². The highest BCUT2D eigenvalue weighted by Gasteiger charge is 2.02. The molecule has 0 fully saturated rings. The van der Waals surface area contributed by atoms with Crippen LogP contribution in [0.3, 0.4) is 0 Å². The van der Waals surface area contributed by atoms with Crippen LogP contribution >= 0.6 is 0 Å². The van der Waals surface area contributed by atoms with E-state index in [2.05, 4.69) is 0 Å². The molecule has 0 aromatic heterocycles. The molecule has 0 aromatic rings. The van der Waals surface area contributed by atoms with Crippen molar-refractivity contribution in [2.75, 3.05) is 33.5 Å².